The van der Waals surface area contributed by atoms with Crippen LogP contribution in [0.25, 0.3) is 0 Å². The summed E-state index contributed by atoms with van der Waals surface area (Å²) in [6.07, 6.45) is 1.15. The van der Waals surface area contributed by atoms with Crippen molar-refractivity contribution in [1.82, 2.24) is 0 Å². The van der Waals surface area contributed by atoms with Gasteiger partial charge in [-0.15, -0.1) is 0 Å². The summed E-state index contributed by atoms with van der Waals surface area (Å²) in [4.78, 5) is 2.46. The van der Waals surface area contributed by atoms with Crippen molar-refractivity contribution in [3.05, 3.63) is 23.8 Å². The lowest BCUT2D eigenvalue weighted by Crippen LogP contribution is -2.25. The molecule has 0 aromatic heterocycles. The molecule has 0 atom stereocenters. The molecule has 0 saturated heterocycles. The maximum Gasteiger partial charge on any atom is 0.0401 e. The van der Waals surface area contributed by atoms with Gasteiger partial charge in [0.25, 0.3) is 0 Å². The van der Waals surface area contributed by atoms with E-state index >= 15 is 0 Å². The fourth-order valence-electron chi connectivity index (χ4n) is 2.12. The molecule has 0 fully saturated rings. The van der Waals surface area contributed by atoms with E-state index in [1.807, 2.05) is 6.07 Å². The van der Waals surface area contributed by atoms with Gasteiger partial charge in [0.2, 0.25) is 0 Å². The molecule has 14 heavy (non-hydrogen) atoms. The molecule has 0 amide bonds. The highest BCUT2D eigenvalue weighted by atomic mass is 15.1. The Morgan fingerprint density at radius 2 is 2.21 bits per heavy atom. The van der Waals surface area contributed by atoms with Crippen molar-refractivity contribution in [1.29, 1.82) is 0 Å². The van der Waals surface area contributed by atoms with Gasteiger partial charge in [-0.3, -0.25) is 0 Å². The largest absolute Gasteiger partial charge is 0.399 e. The van der Waals surface area contributed by atoms with Crippen LogP contribution in [0.1, 0.15) is 19.4 Å². The summed E-state index contributed by atoms with van der Waals surface area (Å²) < 4.78 is 0. The lowest BCUT2D eigenvalue weighted by Gasteiger charge is -2.21. The second-order valence-corrected chi connectivity index (χ2v) is 4.48. The zero-order valence-corrected chi connectivity index (χ0v) is 8.96. The first-order valence-electron chi connectivity index (χ1n) is 5.30. The summed E-state index contributed by atoms with van der Waals surface area (Å²) in [5.74, 6) is 0.721. The first kappa shape index (κ1) is 9.38. The van der Waals surface area contributed by atoms with E-state index in [4.69, 9.17) is 5.73 Å². The smallest absolute Gasteiger partial charge is 0.0401 e. The Labute approximate surface area is 85.7 Å². The van der Waals surface area contributed by atoms with Crippen molar-refractivity contribution in [2.45, 2.75) is 20.3 Å². The predicted molar refractivity (Wildman–Crippen MR) is 61.6 cm³/mol. The van der Waals surface area contributed by atoms with E-state index in [0.29, 0.717) is 0 Å². The van der Waals surface area contributed by atoms with Crippen LogP contribution in [-0.2, 0) is 6.42 Å². The van der Waals surface area contributed by atoms with Gasteiger partial charge in [-0.2, -0.15) is 0 Å². The van der Waals surface area contributed by atoms with E-state index in [1.165, 1.54) is 11.3 Å². The average molecular weight is 190 g/mol. The van der Waals surface area contributed by atoms with Crippen molar-refractivity contribution in [3.63, 3.8) is 0 Å². The van der Waals surface area contributed by atoms with Gasteiger partial charge >= 0.3 is 0 Å². The van der Waals surface area contributed by atoms with Crippen LogP contribution in [0.4, 0.5) is 11.4 Å². The highest BCUT2D eigenvalue weighted by Gasteiger charge is 2.19. The van der Waals surface area contributed by atoms with Crippen LogP contribution < -0.4 is 10.6 Å². The number of nitrogens with two attached hydrogens (primary N) is 1. The molecular weight excluding hydrogens is 172 g/mol. The predicted octanol–water partition coefficient (Wildman–Crippen LogP) is 2.29. The Morgan fingerprint density at radius 1 is 1.43 bits per heavy atom. The van der Waals surface area contributed by atoms with E-state index < -0.39 is 0 Å². The van der Waals surface area contributed by atoms with E-state index in [2.05, 4.69) is 30.9 Å². The van der Waals surface area contributed by atoms with Crippen LogP contribution in [0.15, 0.2) is 18.2 Å². The van der Waals surface area contributed by atoms with Crippen LogP contribution in [0.5, 0.6) is 0 Å². The second kappa shape index (κ2) is 3.52. The Balaban J connectivity index is 2.22. The molecule has 0 unspecified atom stereocenters. The van der Waals surface area contributed by atoms with E-state index in [-0.39, 0.29) is 0 Å². The standard InChI is InChI=1S/C12H18N2/c1-9(2)8-14-6-5-10-7-11(13)3-4-12(10)14/h3-4,7,9H,5-6,8,13H2,1-2H3. The van der Waals surface area contributed by atoms with Gasteiger partial charge in [0.15, 0.2) is 0 Å². The minimum Gasteiger partial charge on any atom is -0.399 e. The molecule has 1 aromatic rings. The number of rotatable bonds is 2. The Bertz CT molecular complexity index is 331. The average Bonchev–Trinajstić information content (AvgIpc) is 2.47. The van der Waals surface area contributed by atoms with Crippen molar-refractivity contribution in [2.24, 2.45) is 5.92 Å². The van der Waals surface area contributed by atoms with Crippen molar-refractivity contribution in [2.75, 3.05) is 23.7 Å². The molecule has 0 bridgehead atoms. The molecule has 1 aliphatic heterocycles. The molecule has 0 spiro atoms. The van der Waals surface area contributed by atoms with Gasteiger partial charge in [0.05, 0.1) is 0 Å². The van der Waals surface area contributed by atoms with Crippen LogP contribution >= 0.6 is 0 Å². The van der Waals surface area contributed by atoms with Crippen LogP contribution in [0.2, 0.25) is 0 Å². The van der Waals surface area contributed by atoms with E-state index in [9.17, 15) is 0 Å². The number of benzene rings is 1. The van der Waals surface area contributed by atoms with Gasteiger partial charge < -0.3 is 10.6 Å². The van der Waals surface area contributed by atoms with Crippen molar-refractivity contribution >= 4 is 11.4 Å². The summed E-state index contributed by atoms with van der Waals surface area (Å²) >= 11 is 0. The van der Waals surface area contributed by atoms with Gasteiger partial charge in [0.1, 0.15) is 0 Å². The quantitative estimate of drug-likeness (QED) is 0.725. The Hall–Kier alpha value is -1.18. The molecule has 0 radical (unpaired) electrons. The first-order chi connectivity index (χ1) is 6.66. The van der Waals surface area contributed by atoms with Crippen molar-refractivity contribution < 1.29 is 0 Å². The minimum absolute atomic E-state index is 0.721. The number of nitrogens with zero attached hydrogens (tertiary/aromatic N) is 1. The Morgan fingerprint density at radius 3 is 2.93 bits per heavy atom. The number of hydrogen-bond donors (Lipinski definition) is 1. The first-order valence-corrected chi connectivity index (χ1v) is 5.30. The zero-order chi connectivity index (χ0) is 10.1. The lowest BCUT2D eigenvalue weighted by molar-refractivity contribution is 0.622. The van der Waals surface area contributed by atoms with Gasteiger partial charge in [-0.1, -0.05) is 13.8 Å². The fraction of sp³-hybridized carbons (Fsp3) is 0.500. The van der Waals surface area contributed by atoms with Crippen LogP contribution in [0, 0.1) is 5.92 Å². The molecule has 0 aliphatic carbocycles. The number of anilines is 2. The third-order valence-electron chi connectivity index (χ3n) is 2.68. The molecule has 2 N–H and O–H groups in total. The monoisotopic (exact) mass is 190 g/mol. The minimum atomic E-state index is 0.721. The molecule has 2 heteroatoms. The fourth-order valence-corrected chi connectivity index (χ4v) is 2.12. The third-order valence-corrected chi connectivity index (χ3v) is 2.68. The highest BCUT2D eigenvalue weighted by Crippen LogP contribution is 2.29. The lowest BCUT2D eigenvalue weighted by atomic mass is 10.1. The number of nitrogen functional groups attached to an aromatic ring is 1. The normalized spacial score (nSPS) is 14.9. The van der Waals surface area contributed by atoms with Gasteiger partial charge in [-0.05, 0) is 36.1 Å². The maximum absolute atomic E-state index is 5.76. The molecule has 76 valence electrons. The summed E-state index contributed by atoms with van der Waals surface area (Å²) in [6, 6.07) is 6.26. The highest BCUT2D eigenvalue weighted by molar-refractivity contribution is 5.62. The summed E-state index contributed by atoms with van der Waals surface area (Å²) in [5, 5.41) is 0. The molecular formula is C12H18N2. The molecule has 2 rings (SSSR count). The van der Waals surface area contributed by atoms with E-state index in [1.54, 1.807) is 0 Å². The topological polar surface area (TPSA) is 29.3 Å². The SMILES string of the molecule is CC(C)CN1CCc2cc(N)ccc21. The summed E-state index contributed by atoms with van der Waals surface area (Å²) in [7, 11) is 0. The Kier molecular flexibility index (Phi) is 2.36. The summed E-state index contributed by atoms with van der Waals surface area (Å²) in [5.41, 5.74) is 9.43. The molecule has 2 nitrogen and oxygen atoms in total. The molecule has 1 heterocycles. The molecule has 1 aromatic carbocycles. The van der Waals surface area contributed by atoms with E-state index in [0.717, 1.165) is 31.1 Å². The molecule has 0 saturated carbocycles. The second-order valence-electron chi connectivity index (χ2n) is 4.48. The number of hydrogen-bond acceptors (Lipinski definition) is 2. The number of fused-ring (bicyclic) bond motifs is 1. The van der Waals surface area contributed by atoms with Crippen LogP contribution in [-0.4, -0.2) is 13.1 Å². The van der Waals surface area contributed by atoms with Crippen LogP contribution in [0.3, 0.4) is 0 Å². The maximum atomic E-state index is 5.76. The zero-order valence-electron chi connectivity index (χ0n) is 8.96. The van der Waals surface area contributed by atoms with Crippen molar-refractivity contribution in [3.8, 4) is 0 Å². The van der Waals surface area contributed by atoms with Gasteiger partial charge in [0, 0.05) is 24.5 Å². The third kappa shape index (κ3) is 1.69. The summed E-state index contributed by atoms with van der Waals surface area (Å²) in [6.45, 7) is 6.82. The molecule has 1 aliphatic rings. The van der Waals surface area contributed by atoms with Gasteiger partial charge in [-0.25, -0.2) is 0 Å².